The van der Waals surface area contributed by atoms with Crippen LogP contribution in [0.3, 0.4) is 0 Å². The molecule has 0 radical (unpaired) electrons. The van der Waals surface area contributed by atoms with Crippen molar-refractivity contribution in [3.05, 3.63) is 333 Å². The SMILES string of the molecule is CC(C)c1cc[nH]c1.CC(C)c1ccc[nH]1.CC(C)c1ccccn1.CC(C)c1cccnc1.CC(C)c1ccco1.CC(C)c1cccs1.CC(C)c1ccncc1.CC(C)c1ccns1.CC(C)c1ccoc1.CC(C)c1ccsc1.CC(C)c1ccsn1.CC(C)c1cncs1.CC(C)c1cnsc1.CC(C)c1cscn1.CC(C)c1nccs1. The number of furan rings is 2. The normalized spacial score (nSPS) is 10.3. The molecule has 672 valence electrons. The van der Waals surface area contributed by atoms with Crippen molar-refractivity contribution in [2.75, 3.05) is 0 Å². The number of nitrogens with one attached hydrogen (secondary N) is 2. The number of nitrogens with zero attached hydrogens (tertiary/aromatic N) is 9. The van der Waals surface area contributed by atoms with E-state index in [1.807, 2.05) is 162 Å². The highest BCUT2D eigenvalue weighted by Gasteiger charge is 2.06. The van der Waals surface area contributed by atoms with Gasteiger partial charge in [0, 0.05) is 134 Å². The number of rotatable bonds is 15. The molecule has 0 aromatic carbocycles. The van der Waals surface area contributed by atoms with Crippen LogP contribution in [0.1, 0.15) is 378 Å². The fourth-order valence-electron chi connectivity index (χ4n) is 9.11. The van der Waals surface area contributed by atoms with Gasteiger partial charge >= 0.3 is 0 Å². The van der Waals surface area contributed by atoms with Crippen LogP contribution in [0.15, 0.2) is 260 Å². The smallest absolute Gasteiger partial charge is 0.106 e. The van der Waals surface area contributed by atoms with Crippen molar-refractivity contribution in [3.63, 3.8) is 0 Å². The summed E-state index contributed by atoms with van der Waals surface area (Å²) < 4.78 is 22.1. The number of H-pyrrole nitrogens is 2. The zero-order valence-electron chi connectivity index (χ0n) is 79.5. The van der Waals surface area contributed by atoms with Crippen LogP contribution in [0.5, 0.6) is 0 Å². The van der Waals surface area contributed by atoms with Gasteiger partial charge in [0.2, 0.25) is 0 Å². The zero-order valence-corrected chi connectivity index (χ0v) is 86.0. The van der Waals surface area contributed by atoms with Crippen molar-refractivity contribution in [2.24, 2.45) is 0 Å². The van der Waals surface area contributed by atoms with E-state index >= 15 is 0 Å². The fraction of sp³-hybridized carbons (Fsp3) is 0.441. The van der Waals surface area contributed by atoms with Crippen molar-refractivity contribution in [1.29, 1.82) is 0 Å². The second kappa shape index (κ2) is 69.0. The van der Waals surface area contributed by atoms with Gasteiger partial charge in [0.15, 0.2) is 0 Å². The van der Waals surface area contributed by atoms with Crippen LogP contribution in [-0.4, -0.2) is 53.0 Å². The van der Waals surface area contributed by atoms with Crippen LogP contribution in [0.25, 0.3) is 0 Å². The molecule has 0 saturated carbocycles. The minimum Gasteiger partial charge on any atom is -0.472 e. The van der Waals surface area contributed by atoms with Crippen LogP contribution in [0.2, 0.25) is 0 Å². The Morgan fingerprint density at radius 2 is 0.984 bits per heavy atom. The van der Waals surface area contributed by atoms with Crippen molar-refractivity contribution in [2.45, 2.75) is 296 Å². The minimum atomic E-state index is 0.519. The second-order valence-electron chi connectivity index (χ2n) is 33.0. The number of thiazole rings is 3. The lowest BCUT2D eigenvalue weighted by atomic mass is 10.1. The van der Waals surface area contributed by atoms with E-state index in [0.717, 1.165) is 11.5 Å². The first-order chi connectivity index (χ1) is 58.6. The van der Waals surface area contributed by atoms with Crippen LogP contribution in [-0.2, 0) is 0 Å². The molecule has 0 fully saturated rings. The molecule has 0 aliphatic carbocycles. The third kappa shape index (κ3) is 55.7. The third-order valence-electron chi connectivity index (χ3n) is 17.4. The summed E-state index contributed by atoms with van der Waals surface area (Å²) >= 11 is 13.3. The number of aromatic nitrogens is 11. The van der Waals surface area contributed by atoms with Gasteiger partial charge in [-0.2, -0.15) is 15.7 Å². The number of thiophene rings is 2. The van der Waals surface area contributed by atoms with Gasteiger partial charge in [0.1, 0.15) is 5.76 Å². The van der Waals surface area contributed by atoms with Crippen LogP contribution < -0.4 is 0 Å². The van der Waals surface area contributed by atoms with Crippen LogP contribution in [0, 0.1) is 0 Å². The van der Waals surface area contributed by atoms with Gasteiger partial charge in [0.25, 0.3) is 0 Å². The van der Waals surface area contributed by atoms with Crippen molar-refractivity contribution in [3.8, 4) is 0 Å². The van der Waals surface area contributed by atoms with Gasteiger partial charge in [-0.1, -0.05) is 226 Å². The predicted molar refractivity (Wildman–Crippen MR) is 544 cm³/mol. The molecule has 0 unspecified atom stereocenters. The van der Waals surface area contributed by atoms with Gasteiger partial charge in [-0.15, -0.1) is 45.3 Å². The van der Waals surface area contributed by atoms with Crippen molar-refractivity contribution >= 4 is 91.3 Å². The van der Waals surface area contributed by atoms with E-state index in [-0.39, 0.29) is 0 Å². The van der Waals surface area contributed by atoms with Gasteiger partial charge in [-0.3, -0.25) is 19.9 Å². The topological polar surface area (TPSA) is 174 Å². The summed E-state index contributed by atoms with van der Waals surface area (Å²) in [5.41, 5.74) is 16.7. The lowest BCUT2D eigenvalue weighted by molar-refractivity contribution is 0.487. The highest BCUT2D eigenvalue weighted by Crippen LogP contribution is 2.24. The molecule has 2 N–H and O–H groups in total. The van der Waals surface area contributed by atoms with Gasteiger partial charge in [0.05, 0.1) is 46.2 Å². The summed E-state index contributed by atoms with van der Waals surface area (Å²) in [6.45, 7) is 65.0. The second-order valence-corrected chi connectivity index (χ2v) is 39.6. The van der Waals surface area contributed by atoms with Crippen molar-refractivity contribution in [1.82, 2.24) is 53.0 Å². The number of aromatic amines is 2. The Balaban J connectivity index is 0.000000659. The van der Waals surface area contributed by atoms with Gasteiger partial charge in [-0.05, 0) is 252 Å². The lowest BCUT2D eigenvalue weighted by Crippen LogP contribution is -1.88. The minimum absolute atomic E-state index is 0.519. The standard InChI is InChI=1S/3C8H11N.2C7H11N.2C7H10O.2C7H10S.6C6H9NS/c1-7(2)8-3-5-9-6-4-8;1-7(2)8-4-3-5-9-6-8;1-7(2)8-5-3-4-6-9-8;1-6(2)7-3-4-8-5-7;1-6(2)7-4-3-5-8-7;1-6(2)7-3-4-8-5-7;1-6(2)7-4-3-5-8-7;1-6(2)7-3-4-8-5-7;1-6(2)7-4-3-5-8-7;1-5(2)6-3-8-4-7-6;1-5(2)6-3-7-4-8-6;1-5(2)6-3-7-8-4-6;1-5(2)6-7-3-4-8-6;1-5(2)6-3-4-8-7-6;1-5(2)6-3-4-7-8-6/h3*3-7H,1-2H3;2*3-6,8H,1-2H3;4*3-6H,1-2H3;6*3-5H,1-2H3. The molecule has 0 amide bonds. The first kappa shape index (κ1) is 113. The fourth-order valence-corrected chi connectivity index (χ4v) is 14.6. The maximum absolute atomic E-state index is 5.09. The monoisotopic (exact) mass is 1820 g/mol. The quantitative estimate of drug-likeness (QED) is 0.1000. The number of hydrogen-bond donors (Lipinski definition) is 2. The lowest BCUT2D eigenvalue weighted by Gasteiger charge is -2.01. The largest absolute Gasteiger partial charge is 0.472 e. The van der Waals surface area contributed by atoms with E-state index in [4.69, 9.17) is 8.83 Å². The highest BCUT2D eigenvalue weighted by molar-refractivity contribution is 7.10. The molecule has 0 bridgehead atoms. The van der Waals surface area contributed by atoms with E-state index in [0.29, 0.717) is 88.8 Å². The Bertz CT molecular complexity index is 3590. The van der Waals surface area contributed by atoms with E-state index < -0.39 is 0 Å². The average Bonchev–Trinajstić information content (AvgIpc) is 1.75. The third-order valence-corrected chi connectivity index (χ3v) is 24.2. The summed E-state index contributed by atoms with van der Waals surface area (Å²) in [7, 11) is 0. The first-order valence-corrected chi connectivity index (χ1v) is 50.0. The number of pyridine rings is 3. The Hall–Kier alpha value is -8.25. The maximum Gasteiger partial charge on any atom is 0.106 e. The first-order valence-electron chi connectivity index (χ1n) is 43.0. The molecule has 15 rings (SSSR count). The molecule has 0 atom stereocenters. The molecule has 0 aliphatic rings. The van der Waals surface area contributed by atoms with E-state index in [1.165, 1.54) is 93.2 Å². The van der Waals surface area contributed by atoms with Gasteiger partial charge < -0.3 is 18.8 Å². The molecule has 0 aliphatic heterocycles. The molecular weight excluding hydrogens is 1670 g/mol. The molecule has 15 aromatic rings. The molecule has 0 spiro atoms. The zero-order chi connectivity index (χ0) is 91.9. The molecular formula is C102H149N11O2S8. The Kier molecular flexibility index (Phi) is 63.3. The Morgan fingerprint density at radius 3 is 1.25 bits per heavy atom. The summed E-state index contributed by atoms with van der Waals surface area (Å²) in [5, 5.41) is 15.9. The van der Waals surface area contributed by atoms with Crippen LogP contribution in [0.4, 0.5) is 0 Å². The van der Waals surface area contributed by atoms with E-state index in [9.17, 15) is 0 Å². The number of hydrogen-bond acceptors (Lipinski definition) is 19. The van der Waals surface area contributed by atoms with E-state index in [2.05, 4.69) is 336 Å². The van der Waals surface area contributed by atoms with Crippen molar-refractivity contribution < 1.29 is 8.83 Å². The molecule has 15 heterocycles. The predicted octanol–water partition coefficient (Wildman–Crippen LogP) is 35.0. The summed E-state index contributed by atoms with van der Waals surface area (Å²) in [6.07, 6.45) is 27.9. The molecule has 21 heteroatoms. The molecule has 13 nitrogen and oxygen atoms in total. The Labute approximate surface area is 775 Å². The average molecular weight is 1820 g/mol. The van der Waals surface area contributed by atoms with E-state index in [1.54, 1.807) is 81.9 Å². The highest BCUT2D eigenvalue weighted by atomic mass is 32.1. The van der Waals surface area contributed by atoms with Crippen LogP contribution >= 0.6 is 91.3 Å². The Morgan fingerprint density at radius 1 is 0.317 bits per heavy atom. The maximum atomic E-state index is 5.09. The summed E-state index contributed by atoms with van der Waals surface area (Å²) in [6, 6.07) is 36.9. The summed E-state index contributed by atoms with van der Waals surface area (Å²) in [4.78, 5) is 34.7. The summed E-state index contributed by atoms with van der Waals surface area (Å²) in [5.74, 6) is 10.3. The molecule has 0 saturated heterocycles. The molecule has 123 heavy (non-hydrogen) atoms. The van der Waals surface area contributed by atoms with Gasteiger partial charge in [-0.25, -0.2) is 18.7 Å². The molecule has 15 aromatic heterocycles.